The molecule has 4 nitrogen and oxygen atoms in total. The number of pyridine rings is 1. The number of halogens is 1. The molecule has 6 heteroatoms. The number of aromatic nitrogens is 1. The summed E-state index contributed by atoms with van der Waals surface area (Å²) in [5.41, 5.74) is 3.45. The van der Waals surface area contributed by atoms with Crippen molar-refractivity contribution in [2.75, 3.05) is 5.32 Å². The first kappa shape index (κ1) is 17.8. The highest BCUT2D eigenvalue weighted by atomic mass is 35.5. The average molecular weight is 372 g/mol. The molecule has 0 spiro atoms. The van der Waals surface area contributed by atoms with Gasteiger partial charge < -0.3 is 5.32 Å². The van der Waals surface area contributed by atoms with Gasteiger partial charge in [-0.25, -0.2) is 4.98 Å². The van der Waals surface area contributed by atoms with Crippen molar-refractivity contribution in [2.24, 2.45) is 0 Å². The van der Waals surface area contributed by atoms with Crippen molar-refractivity contribution in [3.8, 4) is 6.07 Å². The lowest BCUT2D eigenvalue weighted by Gasteiger charge is -2.16. The minimum Gasteiger partial charge on any atom is -0.325 e. The summed E-state index contributed by atoms with van der Waals surface area (Å²) < 4.78 is 0. The zero-order valence-corrected chi connectivity index (χ0v) is 15.5. The average Bonchev–Trinajstić information content (AvgIpc) is 3.05. The van der Waals surface area contributed by atoms with Crippen LogP contribution in [0.25, 0.3) is 0 Å². The summed E-state index contributed by atoms with van der Waals surface area (Å²) >= 11 is 7.32. The second kappa shape index (κ2) is 7.90. The zero-order chi connectivity index (χ0) is 17.8. The Labute approximate surface area is 156 Å². The smallest absolute Gasteiger partial charge is 0.237 e. The molecule has 25 heavy (non-hydrogen) atoms. The van der Waals surface area contributed by atoms with Crippen LogP contribution >= 0.6 is 23.4 Å². The third-order valence-corrected chi connectivity index (χ3v) is 5.75. The maximum atomic E-state index is 12.6. The van der Waals surface area contributed by atoms with E-state index < -0.39 is 0 Å². The molecule has 0 saturated carbocycles. The van der Waals surface area contributed by atoms with Gasteiger partial charge in [0.15, 0.2) is 0 Å². The molecule has 1 unspecified atom stereocenters. The normalized spacial score (nSPS) is 13.8. The standard InChI is InChI=1S/C19H18ClN3OS/c1-2-17(18(24)22-15-7-4-6-14(20)10-15)25-19-13(11-21)9-12-5-3-8-16(12)23-19/h4,6-7,9-10,17H,2-3,5,8H2,1H3,(H,22,24). The van der Waals surface area contributed by atoms with Crippen molar-refractivity contribution in [1.29, 1.82) is 5.26 Å². The highest BCUT2D eigenvalue weighted by Crippen LogP contribution is 2.31. The number of fused-ring (bicyclic) bond motifs is 1. The molecule has 1 aromatic heterocycles. The fourth-order valence-electron chi connectivity index (χ4n) is 2.87. The van der Waals surface area contributed by atoms with Crippen molar-refractivity contribution in [2.45, 2.75) is 42.9 Å². The van der Waals surface area contributed by atoms with Crippen molar-refractivity contribution >= 4 is 35.0 Å². The SMILES string of the molecule is CCC(Sc1nc2c(cc1C#N)CCC2)C(=O)Nc1cccc(Cl)c1. The first-order valence-corrected chi connectivity index (χ1v) is 9.52. The van der Waals surface area contributed by atoms with Crippen LogP contribution in [-0.2, 0) is 17.6 Å². The lowest BCUT2D eigenvalue weighted by Crippen LogP contribution is -2.24. The maximum absolute atomic E-state index is 12.6. The highest BCUT2D eigenvalue weighted by Gasteiger charge is 2.23. The van der Waals surface area contributed by atoms with E-state index in [2.05, 4.69) is 16.4 Å². The highest BCUT2D eigenvalue weighted by molar-refractivity contribution is 8.00. The van der Waals surface area contributed by atoms with Crippen molar-refractivity contribution in [1.82, 2.24) is 4.98 Å². The van der Waals surface area contributed by atoms with Gasteiger partial charge in [-0.2, -0.15) is 5.26 Å². The van der Waals surface area contributed by atoms with Gasteiger partial charge in [0.25, 0.3) is 0 Å². The summed E-state index contributed by atoms with van der Waals surface area (Å²) in [4.78, 5) is 17.3. The number of hydrogen-bond donors (Lipinski definition) is 1. The lowest BCUT2D eigenvalue weighted by molar-refractivity contribution is -0.115. The van der Waals surface area contributed by atoms with Gasteiger partial charge in [-0.05, 0) is 55.5 Å². The third kappa shape index (κ3) is 4.15. The summed E-state index contributed by atoms with van der Waals surface area (Å²) in [5, 5.41) is 13.2. The Morgan fingerprint density at radius 3 is 3.00 bits per heavy atom. The predicted octanol–water partition coefficient (Wildman–Crippen LogP) is 4.60. The molecule has 1 aromatic carbocycles. The van der Waals surface area contributed by atoms with E-state index in [4.69, 9.17) is 11.6 Å². The van der Waals surface area contributed by atoms with Gasteiger partial charge in [-0.15, -0.1) is 0 Å². The lowest BCUT2D eigenvalue weighted by atomic mass is 10.2. The van der Waals surface area contributed by atoms with Crippen LogP contribution in [0.4, 0.5) is 5.69 Å². The quantitative estimate of drug-likeness (QED) is 0.779. The number of hydrogen-bond acceptors (Lipinski definition) is 4. The van der Waals surface area contributed by atoms with E-state index in [-0.39, 0.29) is 11.2 Å². The second-order valence-electron chi connectivity index (χ2n) is 5.93. The van der Waals surface area contributed by atoms with Crippen LogP contribution in [0.5, 0.6) is 0 Å². The predicted molar refractivity (Wildman–Crippen MR) is 101 cm³/mol. The van der Waals surface area contributed by atoms with E-state index in [0.717, 1.165) is 30.5 Å². The third-order valence-electron chi connectivity index (χ3n) is 4.15. The number of anilines is 1. The van der Waals surface area contributed by atoms with Crippen molar-refractivity contribution in [3.05, 3.63) is 52.2 Å². The number of nitrogens with one attached hydrogen (secondary N) is 1. The Bertz CT molecular complexity index is 847. The first-order valence-electron chi connectivity index (χ1n) is 8.26. The topological polar surface area (TPSA) is 65.8 Å². The molecular formula is C19H18ClN3OS. The number of benzene rings is 1. The molecule has 0 bridgehead atoms. The summed E-state index contributed by atoms with van der Waals surface area (Å²) in [6, 6.07) is 11.2. The van der Waals surface area contributed by atoms with E-state index in [1.807, 2.05) is 13.0 Å². The van der Waals surface area contributed by atoms with Crippen LogP contribution in [-0.4, -0.2) is 16.1 Å². The molecule has 0 saturated heterocycles. The first-order chi connectivity index (χ1) is 12.1. The number of carbonyl (C=O) groups is 1. The monoisotopic (exact) mass is 371 g/mol. The molecule has 128 valence electrons. The molecule has 1 atom stereocenters. The van der Waals surface area contributed by atoms with E-state index >= 15 is 0 Å². The van der Waals surface area contributed by atoms with E-state index in [1.165, 1.54) is 11.8 Å². The molecule has 2 aromatic rings. The number of carbonyl (C=O) groups excluding carboxylic acids is 1. The van der Waals surface area contributed by atoms with Crippen LogP contribution < -0.4 is 5.32 Å². The van der Waals surface area contributed by atoms with Gasteiger partial charge in [0.1, 0.15) is 11.1 Å². The number of aryl methyl sites for hydroxylation is 2. The van der Waals surface area contributed by atoms with Crippen LogP contribution in [0.1, 0.15) is 36.6 Å². The zero-order valence-electron chi connectivity index (χ0n) is 13.9. The van der Waals surface area contributed by atoms with Gasteiger partial charge in [-0.1, -0.05) is 36.4 Å². The molecule has 0 radical (unpaired) electrons. The Hall–Kier alpha value is -2.03. The summed E-state index contributed by atoms with van der Waals surface area (Å²) in [7, 11) is 0. The van der Waals surface area contributed by atoms with Crippen LogP contribution in [0, 0.1) is 11.3 Å². The van der Waals surface area contributed by atoms with Gasteiger partial charge in [0, 0.05) is 16.4 Å². The van der Waals surface area contributed by atoms with Gasteiger partial charge in [0.05, 0.1) is 10.8 Å². The number of thioether (sulfide) groups is 1. The largest absolute Gasteiger partial charge is 0.325 e. The number of nitrogens with zero attached hydrogens (tertiary/aromatic N) is 2. The Morgan fingerprint density at radius 1 is 1.44 bits per heavy atom. The van der Waals surface area contributed by atoms with E-state index in [1.54, 1.807) is 24.3 Å². The molecule has 1 N–H and O–H groups in total. The number of amides is 1. The Balaban J connectivity index is 1.78. The maximum Gasteiger partial charge on any atom is 0.237 e. The van der Waals surface area contributed by atoms with Crippen molar-refractivity contribution in [3.63, 3.8) is 0 Å². The van der Waals surface area contributed by atoms with Gasteiger partial charge in [0.2, 0.25) is 5.91 Å². The van der Waals surface area contributed by atoms with E-state index in [9.17, 15) is 10.1 Å². The molecular weight excluding hydrogens is 354 g/mol. The van der Waals surface area contributed by atoms with Crippen LogP contribution in [0.15, 0.2) is 35.4 Å². The summed E-state index contributed by atoms with van der Waals surface area (Å²) in [6.07, 6.45) is 3.64. The molecule has 0 aliphatic heterocycles. The minimum absolute atomic E-state index is 0.110. The number of nitriles is 1. The number of rotatable bonds is 5. The molecule has 1 aliphatic carbocycles. The minimum atomic E-state index is -0.321. The fourth-order valence-corrected chi connectivity index (χ4v) is 4.06. The fraction of sp³-hybridized carbons (Fsp3) is 0.316. The van der Waals surface area contributed by atoms with Gasteiger partial charge >= 0.3 is 0 Å². The Kier molecular flexibility index (Phi) is 5.62. The Morgan fingerprint density at radius 2 is 2.28 bits per heavy atom. The summed E-state index contributed by atoms with van der Waals surface area (Å²) in [5.74, 6) is -0.110. The molecule has 1 heterocycles. The van der Waals surface area contributed by atoms with E-state index in [0.29, 0.717) is 27.7 Å². The molecule has 1 amide bonds. The second-order valence-corrected chi connectivity index (χ2v) is 7.55. The summed E-state index contributed by atoms with van der Waals surface area (Å²) in [6.45, 7) is 1.95. The van der Waals surface area contributed by atoms with Crippen molar-refractivity contribution < 1.29 is 4.79 Å². The van der Waals surface area contributed by atoms with Gasteiger partial charge in [-0.3, -0.25) is 4.79 Å². The van der Waals surface area contributed by atoms with Crippen LogP contribution in [0.2, 0.25) is 5.02 Å². The molecule has 1 aliphatic rings. The molecule has 3 rings (SSSR count). The van der Waals surface area contributed by atoms with Crippen LogP contribution in [0.3, 0.4) is 0 Å². The molecule has 0 fully saturated rings.